The standard InChI is InChI=1S/C22H29F3N2O12/c1-8(30)26-13-15(32)18(39-20-17(34)16(33)14(31)11(6-28)37-20)12(7-29)38-19(13)36-10-4-2-9(3-5-10)27-21(35)22(23,24)25/h2-5,11-20,28-29,31-34H,6-7H2,1H3,(H,26,30)(H,27,35)/t11-,12-,13-,14-,15-,16+,17+,18-,19+,20+/m1/s1. The number of aliphatic hydroxyl groups excluding tert-OH is 6. The van der Waals surface area contributed by atoms with Gasteiger partial charge in [0.05, 0.1) is 13.2 Å². The molecule has 14 nitrogen and oxygen atoms in total. The molecule has 1 aromatic rings. The number of amides is 2. The monoisotopic (exact) mass is 570 g/mol. The number of halogens is 3. The largest absolute Gasteiger partial charge is 0.471 e. The molecule has 0 spiro atoms. The molecule has 2 fully saturated rings. The van der Waals surface area contributed by atoms with Crippen molar-refractivity contribution >= 4 is 17.5 Å². The number of aliphatic hydroxyl groups is 6. The van der Waals surface area contributed by atoms with Crippen LogP contribution in [0.15, 0.2) is 24.3 Å². The second-order valence-electron chi connectivity index (χ2n) is 8.83. The van der Waals surface area contributed by atoms with Gasteiger partial charge in [0.2, 0.25) is 12.2 Å². The summed E-state index contributed by atoms with van der Waals surface area (Å²) in [6.45, 7) is -0.414. The van der Waals surface area contributed by atoms with E-state index < -0.39 is 92.6 Å². The van der Waals surface area contributed by atoms with Crippen LogP contribution in [0.25, 0.3) is 0 Å². The van der Waals surface area contributed by atoms with Crippen LogP contribution >= 0.6 is 0 Å². The van der Waals surface area contributed by atoms with Gasteiger partial charge < -0.3 is 60.2 Å². The summed E-state index contributed by atoms with van der Waals surface area (Å²) >= 11 is 0. The fourth-order valence-corrected chi connectivity index (χ4v) is 4.01. The highest BCUT2D eigenvalue weighted by atomic mass is 19.4. The van der Waals surface area contributed by atoms with Crippen molar-refractivity contribution in [1.82, 2.24) is 5.32 Å². The quantitative estimate of drug-likeness (QED) is 0.161. The zero-order chi connectivity index (χ0) is 29.1. The summed E-state index contributed by atoms with van der Waals surface area (Å²) in [5, 5.41) is 64.6. The molecular formula is C22H29F3N2O12. The third-order valence-electron chi connectivity index (χ3n) is 5.98. The minimum atomic E-state index is -5.10. The van der Waals surface area contributed by atoms with Crippen LogP contribution in [0.2, 0.25) is 0 Å². The van der Waals surface area contributed by atoms with Crippen LogP contribution in [0.5, 0.6) is 5.75 Å². The second kappa shape index (κ2) is 12.7. The Morgan fingerprint density at radius 3 is 2.03 bits per heavy atom. The average Bonchev–Trinajstić information content (AvgIpc) is 2.87. The number of alkyl halides is 3. The van der Waals surface area contributed by atoms with Crippen molar-refractivity contribution in [3.05, 3.63) is 24.3 Å². The number of benzene rings is 1. The summed E-state index contributed by atoms with van der Waals surface area (Å²) in [4.78, 5) is 22.9. The molecule has 0 radical (unpaired) electrons. The fourth-order valence-electron chi connectivity index (χ4n) is 4.01. The number of carbonyl (C=O) groups is 2. The molecule has 1 aromatic carbocycles. The van der Waals surface area contributed by atoms with E-state index in [0.717, 1.165) is 19.1 Å². The number of nitrogens with one attached hydrogen (secondary N) is 2. The molecule has 10 atom stereocenters. The van der Waals surface area contributed by atoms with Crippen molar-refractivity contribution in [2.75, 3.05) is 18.5 Å². The molecule has 39 heavy (non-hydrogen) atoms. The first-order chi connectivity index (χ1) is 18.3. The van der Waals surface area contributed by atoms with E-state index in [1.54, 1.807) is 5.32 Å². The van der Waals surface area contributed by atoms with Gasteiger partial charge in [-0.05, 0) is 24.3 Å². The number of anilines is 1. The molecule has 3 rings (SSSR count). The molecule has 2 saturated heterocycles. The van der Waals surface area contributed by atoms with E-state index in [0.29, 0.717) is 0 Å². The molecule has 2 amide bonds. The second-order valence-corrected chi connectivity index (χ2v) is 8.83. The zero-order valence-corrected chi connectivity index (χ0v) is 20.3. The predicted octanol–water partition coefficient (Wildman–Crippen LogP) is -2.67. The Balaban J connectivity index is 1.77. The highest BCUT2D eigenvalue weighted by molar-refractivity contribution is 5.94. The summed E-state index contributed by atoms with van der Waals surface area (Å²) in [6, 6.07) is 3.18. The van der Waals surface area contributed by atoms with Crippen LogP contribution in [-0.2, 0) is 23.8 Å². The first kappa shape index (κ1) is 30.9. The van der Waals surface area contributed by atoms with Crippen molar-refractivity contribution in [3.63, 3.8) is 0 Å². The van der Waals surface area contributed by atoms with Gasteiger partial charge in [-0.25, -0.2) is 0 Å². The average molecular weight is 570 g/mol. The van der Waals surface area contributed by atoms with Gasteiger partial charge in [-0.3, -0.25) is 9.59 Å². The lowest BCUT2D eigenvalue weighted by atomic mass is 9.95. The van der Waals surface area contributed by atoms with Gasteiger partial charge in [0.15, 0.2) is 6.29 Å². The fraction of sp³-hybridized carbons (Fsp3) is 0.636. The molecule has 0 aliphatic carbocycles. The first-order valence-electron chi connectivity index (χ1n) is 11.6. The number of hydrogen-bond donors (Lipinski definition) is 8. The molecule has 0 unspecified atom stereocenters. The van der Waals surface area contributed by atoms with Crippen LogP contribution in [0.1, 0.15) is 6.92 Å². The first-order valence-corrected chi connectivity index (χ1v) is 11.6. The van der Waals surface area contributed by atoms with E-state index in [4.69, 9.17) is 18.9 Å². The zero-order valence-electron chi connectivity index (χ0n) is 20.3. The van der Waals surface area contributed by atoms with E-state index in [9.17, 15) is 53.4 Å². The van der Waals surface area contributed by atoms with Crippen molar-refractivity contribution in [2.45, 2.75) is 74.4 Å². The van der Waals surface area contributed by atoms with Gasteiger partial charge in [0.25, 0.3) is 0 Å². The SMILES string of the molecule is CC(=O)N[C@H]1[C@@H](Oc2ccc(NC(=O)C(F)(F)F)cc2)O[C@H](CO)[C@@H](O[C@@H]2O[C@H](CO)[C@@H](O)[C@H](O)[C@@H]2O)[C@@H]1O. The van der Waals surface area contributed by atoms with E-state index in [2.05, 4.69) is 5.32 Å². The lowest BCUT2D eigenvalue weighted by Crippen LogP contribution is -2.68. The van der Waals surface area contributed by atoms with Gasteiger partial charge in [-0.2, -0.15) is 13.2 Å². The van der Waals surface area contributed by atoms with E-state index in [-0.39, 0.29) is 11.4 Å². The normalized spacial score (nSPS) is 35.2. The summed E-state index contributed by atoms with van der Waals surface area (Å²) in [7, 11) is 0. The highest BCUT2D eigenvalue weighted by Gasteiger charge is 2.51. The number of rotatable bonds is 8. The molecule has 0 aromatic heterocycles. The molecule has 0 bridgehead atoms. The van der Waals surface area contributed by atoms with Crippen LogP contribution < -0.4 is 15.4 Å². The minimum Gasteiger partial charge on any atom is -0.463 e. The number of carbonyl (C=O) groups excluding carboxylic acids is 2. The highest BCUT2D eigenvalue weighted by Crippen LogP contribution is 2.31. The third-order valence-corrected chi connectivity index (χ3v) is 5.98. The minimum absolute atomic E-state index is 0.0162. The Morgan fingerprint density at radius 2 is 1.49 bits per heavy atom. The lowest BCUT2D eigenvalue weighted by Gasteiger charge is -2.47. The molecular weight excluding hydrogens is 541 g/mol. The van der Waals surface area contributed by atoms with Crippen LogP contribution in [0, 0.1) is 0 Å². The van der Waals surface area contributed by atoms with Crippen molar-refractivity contribution in [3.8, 4) is 5.75 Å². The Labute approximate surface area is 218 Å². The van der Waals surface area contributed by atoms with Crippen molar-refractivity contribution in [1.29, 1.82) is 0 Å². The van der Waals surface area contributed by atoms with Crippen molar-refractivity contribution < 1.29 is 72.3 Å². The summed E-state index contributed by atoms with van der Waals surface area (Å²) in [5.41, 5.74) is -0.200. The van der Waals surface area contributed by atoms with E-state index in [1.807, 2.05) is 0 Å². The maximum absolute atomic E-state index is 12.5. The number of ether oxygens (including phenoxy) is 4. The Kier molecular flexibility index (Phi) is 10.1. The smallest absolute Gasteiger partial charge is 0.463 e. The Hall–Kier alpha value is -2.61. The Bertz CT molecular complexity index is 982. The summed E-state index contributed by atoms with van der Waals surface area (Å²) in [6.07, 6.45) is -19.5. The van der Waals surface area contributed by atoms with Gasteiger partial charge >= 0.3 is 12.1 Å². The van der Waals surface area contributed by atoms with Crippen molar-refractivity contribution in [2.24, 2.45) is 0 Å². The molecule has 17 heteroatoms. The molecule has 2 heterocycles. The molecule has 2 aliphatic rings. The van der Waals surface area contributed by atoms with Crippen LogP contribution in [0.4, 0.5) is 18.9 Å². The molecule has 2 aliphatic heterocycles. The summed E-state index contributed by atoms with van der Waals surface area (Å²) in [5.74, 6) is -2.84. The molecule has 220 valence electrons. The van der Waals surface area contributed by atoms with E-state index >= 15 is 0 Å². The van der Waals surface area contributed by atoms with Crippen LogP contribution in [0.3, 0.4) is 0 Å². The maximum atomic E-state index is 12.5. The van der Waals surface area contributed by atoms with Gasteiger partial charge in [-0.15, -0.1) is 0 Å². The number of hydrogen-bond acceptors (Lipinski definition) is 12. The van der Waals surface area contributed by atoms with Gasteiger partial charge in [-0.1, -0.05) is 0 Å². The summed E-state index contributed by atoms with van der Waals surface area (Å²) < 4.78 is 59.5. The predicted molar refractivity (Wildman–Crippen MR) is 120 cm³/mol. The molecule has 8 N–H and O–H groups in total. The third kappa shape index (κ3) is 7.33. The van der Waals surface area contributed by atoms with Gasteiger partial charge in [0, 0.05) is 12.6 Å². The van der Waals surface area contributed by atoms with E-state index in [1.165, 1.54) is 12.1 Å². The molecule has 0 saturated carbocycles. The lowest BCUT2D eigenvalue weighted by molar-refractivity contribution is -0.343. The maximum Gasteiger partial charge on any atom is 0.471 e. The Morgan fingerprint density at radius 1 is 0.897 bits per heavy atom. The van der Waals surface area contributed by atoms with Crippen LogP contribution in [-0.4, -0.2) is 123 Å². The van der Waals surface area contributed by atoms with Gasteiger partial charge in [0.1, 0.15) is 54.5 Å². The topological polar surface area (TPSA) is 216 Å².